The van der Waals surface area contributed by atoms with Crippen LogP contribution in [0.3, 0.4) is 0 Å². The fourth-order valence-electron chi connectivity index (χ4n) is 4.63. The molecule has 22 heavy (non-hydrogen) atoms. The zero-order valence-electron chi connectivity index (χ0n) is 20.1. The number of hydrogen-bond donors (Lipinski definition) is 0. The van der Waals surface area contributed by atoms with E-state index in [0.29, 0.717) is 18.5 Å². The van der Waals surface area contributed by atoms with Gasteiger partial charge in [0, 0.05) is 30.2 Å². The Morgan fingerprint density at radius 1 is 1.59 bits per heavy atom. The van der Waals surface area contributed by atoms with Gasteiger partial charge in [-0.15, -0.1) is 0 Å². The molecule has 116 valence electrons. The van der Waals surface area contributed by atoms with Crippen LogP contribution in [0.25, 0.3) is 0 Å². The Morgan fingerprint density at radius 2 is 2.50 bits per heavy atom. The van der Waals surface area contributed by atoms with Gasteiger partial charge >= 0.3 is 0 Å². The third kappa shape index (κ3) is 1.27. The van der Waals surface area contributed by atoms with Gasteiger partial charge in [0.1, 0.15) is 0 Å². The number of benzene rings is 1. The van der Waals surface area contributed by atoms with Gasteiger partial charge in [0.05, 0.1) is 11.2 Å². The van der Waals surface area contributed by atoms with E-state index < -0.39 is 49.0 Å². The molecule has 5 rings (SSSR count). The van der Waals surface area contributed by atoms with Gasteiger partial charge in [-0.25, -0.2) is 0 Å². The van der Waals surface area contributed by atoms with Gasteiger partial charge in [0.25, 0.3) is 0 Å². The van der Waals surface area contributed by atoms with Crippen molar-refractivity contribution in [1.82, 2.24) is 4.90 Å². The van der Waals surface area contributed by atoms with E-state index in [1.165, 1.54) is 12.1 Å². The minimum absolute atomic E-state index is 0.0137. The molecule has 0 amide bonds. The number of rotatable bonds is 1. The van der Waals surface area contributed by atoms with Crippen molar-refractivity contribution < 1.29 is 25.2 Å². The normalized spacial score (nSPS) is 52.3. The van der Waals surface area contributed by atoms with Crippen LogP contribution in [0.1, 0.15) is 41.3 Å². The van der Waals surface area contributed by atoms with E-state index in [4.69, 9.17) is 19.1 Å². The molecule has 2 bridgehead atoms. The van der Waals surface area contributed by atoms with Crippen molar-refractivity contribution in [3.63, 3.8) is 0 Å². The molecule has 2 fully saturated rings. The number of methoxy groups -OCH3 is 1. The van der Waals surface area contributed by atoms with Gasteiger partial charge < -0.3 is 14.4 Å². The highest BCUT2D eigenvalue weighted by molar-refractivity contribution is 5.89. The Morgan fingerprint density at radius 3 is 3.36 bits per heavy atom. The first-order valence-electron chi connectivity index (χ1n) is 11.5. The summed E-state index contributed by atoms with van der Waals surface area (Å²) in [4.78, 5) is 14.7. The Balaban J connectivity index is 1.86. The molecule has 4 heteroatoms. The number of piperidine rings is 1. The maximum absolute atomic E-state index is 13.1. The molecule has 2 heterocycles. The average molecular weight is 307 g/mol. The first-order chi connectivity index (χ1) is 13.7. The van der Waals surface area contributed by atoms with Gasteiger partial charge in [-0.3, -0.25) is 4.79 Å². The smallest absolute Gasteiger partial charge is 0.174 e. The molecule has 1 unspecified atom stereocenters. The zero-order valence-corrected chi connectivity index (χ0v) is 12.1. The lowest BCUT2D eigenvalue weighted by Gasteiger charge is -2.57. The number of carbonyl (C=O) groups is 1. The van der Waals surface area contributed by atoms with Crippen molar-refractivity contribution in [2.24, 2.45) is 5.92 Å². The van der Waals surface area contributed by atoms with Gasteiger partial charge in [-0.1, -0.05) is 6.07 Å². The number of Topliss-reactive ketones (excluding diaryl/α,β-unsaturated/α-hetero) is 1. The molecule has 1 spiro atoms. The maximum atomic E-state index is 13.1. The fraction of sp³-hybridized carbons (Fsp3) is 0.611. The van der Waals surface area contributed by atoms with Crippen LogP contribution in [0, 0.1) is 5.92 Å². The first-order valence-corrected chi connectivity index (χ1v) is 7.47. The van der Waals surface area contributed by atoms with Crippen LogP contribution in [0.4, 0.5) is 0 Å². The zero-order chi connectivity index (χ0) is 22.1. The second-order valence-electron chi connectivity index (χ2n) is 6.44. The van der Waals surface area contributed by atoms with Crippen LogP contribution in [-0.2, 0) is 16.6 Å². The Hall–Kier alpha value is -1.55. The molecule has 1 saturated carbocycles. The highest BCUT2D eigenvalue weighted by Gasteiger charge is 2.65. The summed E-state index contributed by atoms with van der Waals surface area (Å²) in [7, 11) is -1.14. The Kier molecular flexibility index (Phi) is 1.35. The molecule has 0 aromatic heterocycles. The van der Waals surface area contributed by atoms with Crippen molar-refractivity contribution in [2.45, 2.75) is 43.1 Å². The fourth-order valence-corrected chi connectivity index (χ4v) is 4.63. The third-order valence-corrected chi connectivity index (χ3v) is 5.61. The van der Waals surface area contributed by atoms with Gasteiger partial charge in [-0.2, -0.15) is 0 Å². The number of carbonyl (C=O) groups excluding carboxylic acids is 1. The van der Waals surface area contributed by atoms with E-state index in [1.54, 1.807) is 11.9 Å². The summed E-state index contributed by atoms with van der Waals surface area (Å²) < 4.78 is 77.0. The quantitative estimate of drug-likeness (QED) is 0.795. The standard InChI is InChI=1S/C18H21NO3/c1-19-8-7-18-11-4-5-13(20)17(18)22-16-14(21-2)6-3-10(15(16)18)9-12(11)19/h3,6,11-12,17H,4-5,7-9H2,1-2H3/t11-,12+,17?,18-/m0/s1/i2D3,5D2,9D2,12D. The maximum Gasteiger partial charge on any atom is 0.174 e. The van der Waals surface area contributed by atoms with Crippen molar-refractivity contribution in [1.29, 1.82) is 0 Å². The average Bonchev–Trinajstić information content (AvgIpc) is 2.95. The number of likely N-dealkylation sites (N-methyl/N-ethyl adjacent to an activating group) is 1. The SMILES string of the molecule is [2H]C([2H])([2H])Oc1ccc2c3c1OC1C(=O)C([2H])([2H])C[C@@H]4[C@@]31CCN(C)[C@]4([2H])C2([2H])[2H]. The van der Waals surface area contributed by atoms with E-state index in [2.05, 4.69) is 0 Å². The number of likely N-dealkylation sites (tertiary alicyclic amines) is 1. The highest BCUT2D eigenvalue weighted by Crippen LogP contribution is 2.62. The minimum Gasteiger partial charge on any atom is -0.493 e. The lowest BCUT2D eigenvalue weighted by Crippen LogP contribution is -2.65. The molecule has 0 N–H and O–H groups in total. The molecule has 1 aromatic carbocycles. The third-order valence-electron chi connectivity index (χ3n) is 5.61. The number of ether oxygens (including phenoxy) is 2. The number of hydrogen-bond acceptors (Lipinski definition) is 4. The van der Waals surface area contributed by atoms with Crippen LogP contribution < -0.4 is 9.47 Å². The molecule has 1 saturated heterocycles. The van der Waals surface area contributed by atoms with Crippen molar-refractivity contribution in [3.05, 3.63) is 23.3 Å². The summed E-state index contributed by atoms with van der Waals surface area (Å²) in [6, 6.07) is 0.895. The van der Waals surface area contributed by atoms with Crippen LogP contribution in [0.5, 0.6) is 11.5 Å². The van der Waals surface area contributed by atoms with Gasteiger partial charge in [-0.05, 0) is 50.4 Å². The number of ketones is 1. The molecule has 2 aliphatic heterocycles. The predicted molar refractivity (Wildman–Crippen MR) is 81.6 cm³/mol. The van der Waals surface area contributed by atoms with E-state index in [1.807, 2.05) is 0 Å². The van der Waals surface area contributed by atoms with E-state index in [9.17, 15) is 6.17 Å². The van der Waals surface area contributed by atoms with E-state index >= 15 is 0 Å². The van der Waals surface area contributed by atoms with Crippen molar-refractivity contribution >= 4 is 5.78 Å². The van der Waals surface area contributed by atoms with Crippen LogP contribution >= 0.6 is 0 Å². The summed E-state index contributed by atoms with van der Waals surface area (Å²) >= 11 is 0. The molecule has 4 nitrogen and oxygen atoms in total. The number of nitrogens with zero attached hydrogens (tertiary/aromatic N) is 1. The topological polar surface area (TPSA) is 38.8 Å². The van der Waals surface area contributed by atoms with E-state index in [-0.39, 0.29) is 23.5 Å². The predicted octanol–water partition coefficient (Wildman–Crippen LogP) is 1.93. The second-order valence-corrected chi connectivity index (χ2v) is 6.44. The van der Waals surface area contributed by atoms with Crippen LogP contribution in [-0.4, -0.2) is 43.4 Å². The summed E-state index contributed by atoms with van der Waals surface area (Å²) in [5.41, 5.74) is -0.559. The van der Waals surface area contributed by atoms with Gasteiger partial charge in [0.15, 0.2) is 23.4 Å². The lowest BCUT2D eigenvalue weighted by atomic mass is 9.52. The molecule has 2 aliphatic carbocycles. The second kappa shape index (κ2) is 4.05. The molecule has 4 atom stereocenters. The highest BCUT2D eigenvalue weighted by atomic mass is 16.5. The molecular formula is C18H21NO3. The molecule has 1 aromatic rings. The molecule has 0 radical (unpaired) electrons. The summed E-state index contributed by atoms with van der Waals surface area (Å²) in [5.74, 6) is -1.76. The summed E-state index contributed by atoms with van der Waals surface area (Å²) in [6.45, 7) is 0.318. The monoisotopic (exact) mass is 307 g/mol. The summed E-state index contributed by atoms with van der Waals surface area (Å²) in [5, 5.41) is 0. The lowest BCUT2D eigenvalue weighted by molar-refractivity contribution is -0.138. The molecule has 4 aliphatic rings. The van der Waals surface area contributed by atoms with Crippen molar-refractivity contribution in [2.75, 3.05) is 20.6 Å². The van der Waals surface area contributed by atoms with E-state index in [0.717, 1.165) is 0 Å². The van der Waals surface area contributed by atoms with Crippen molar-refractivity contribution in [3.8, 4) is 11.5 Å². The first kappa shape index (κ1) is 7.35. The van der Waals surface area contributed by atoms with Gasteiger partial charge in [0.2, 0.25) is 0 Å². The minimum atomic E-state index is -2.78. The molecular weight excluding hydrogens is 278 g/mol. The Bertz CT molecular complexity index is 979. The Labute approximate surface area is 141 Å². The van der Waals surface area contributed by atoms with Crippen LogP contribution in [0.15, 0.2) is 12.1 Å². The summed E-state index contributed by atoms with van der Waals surface area (Å²) in [6.07, 6.45) is -5.69. The largest absolute Gasteiger partial charge is 0.493 e. The van der Waals surface area contributed by atoms with Crippen LogP contribution in [0.2, 0.25) is 0 Å².